The SMILES string of the molecule is CC(O)CCNCc1ccccn1. The van der Waals surface area contributed by atoms with Gasteiger partial charge in [-0.05, 0) is 32.0 Å². The molecule has 0 fully saturated rings. The van der Waals surface area contributed by atoms with E-state index in [-0.39, 0.29) is 6.10 Å². The van der Waals surface area contributed by atoms with E-state index in [1.807, 2.05) is 18.2 Å². The fraction of sp³-hybridized carbons (Fsp3) is 0.500. The first-order valence-corrected chi connectivity index (χ1v) is 4.57. The number of hydrogen-bond donors (Lipinski definition) is 2. The summed E-state index contributed by atoms with van der Waals surface area (Å²) in [5, 5.41) is 12.2. The molecule has 1 rings (SSSR count). The van der Waals surface area contributed by atoms with Crippen molar-refractivity contribution in [3.8, 4) is 0 Å². The van der Waals surface area contributed by atoms with Gasteiger partial charge in [-0.15, -0.1) is 0 Å². The molecule has 0 bridgehead atoms. The Hall–Kier alpha value is -0.930. The van der Waals surface area contributed by atoms with E-state index in [1.54, 1.807) is 13.1 Å². The lowest BCUT2D eigenvalue weighted by Crippen LogP contribution is -2.19. The molecule has 0 radical (unpaired) electrons. The van der Waals surface area contributed by atoms with Crippen molar-refractivity contribution in [3.63, 3.8) is 0 Å². The fourth-order valence-corrected chi connectivity index (χ4v) is 1.03. The monoisotopic (exact) mass is 180 g/mol. The van der Waals surface area contributed by atoms with Crippen LogP contribution in [0.4, 0.5) is 0 Å². The summed E-state index contributed by atoms with van der Waals surface area (Å²) >= 11 is 0. The second-order valence-electron chi connectivity index (χ2n) is 3.14. The van der Waals surface area contributed by atoms with Gasteiger partial charge in [0.25, 0.3) is 0 Å². The van der Waals surface area contributed by atoms with Gasteiger partial charge in [-0.25, -0.2) is 0 Å². The predicted molar refractivity (Wildman–Crippen MR) is 52.2 cm³/mol. The summed E-state index contributed by atoms with van der Waals surface area (Å²) in [6, 6.07) is 5.85. The highest BCUT2D eigenvalue weighted by Gasteiger charge is 1.95. The Bertz CT molecular complexity index is 224. The lowest BCUT2D eigenvalue weighted by molar-refractivity contribution is 0.183. The van der Waals surface area contributed by atoms with Gasteiger partial charge in [0.15, 0.2) is 0 Å². The maximum atomic E-state index is 8.99. The number of pyridine rings is 1. The van der Waals surface area contributed by atoms with Crippen LogP contribution < -0.4 is 5.32 Å². The van der Waals surface area contributed by atoms with Gasteiger partial charge in [-0.3, -0.25) is 4.98 Å². The molecule has 72 valence electrons. The van der Waals surface area contributed by atoms with Crippen LogP contribution in [0, 0.1) is 0 Å². The van der Waals surface area contributed by atoms with Crippen LogP contribution in [0.2, 0.25) is 0 Å². The standard InChI is InChI=1S/C10H16N2O/c1-9(13)5-7-11-8-10-4-2-3-6-12-10/h2-4,6,9,11,13H,5,7-8H2,1H3. The normalized spacial score (nSPS) is 12.8. The van der Waals surface area contributed by atoms with Crippen molar-refractivity contribution < 1.29 is 5.11 Å². The minimum absolute atomic E-state index is 0.226. The molecule has 0 saturated heterocycles. The highest BCUT2D eigenvalue weighted by atomic mass is 16.3. The zero-order chi connectivity index (χ0) is 9.52. The molecule has 0 aliphatic heterocycles. The zero-order valence-corrected chi connectivity index (χ0v) is 7.90. The molecule has 3 nitrogen and oxygen atoms in total. The fourth-order valence-electron chi connectivity index (χ4n) is 1.03. The van der Waals surface area contributed by atoms with E-state index >= 15 is 0 Å². The van der Waals surface area contributed by atoms with Gasteiger partial charge in [0.2, 0.25) is 0 Å². The molecule has 1 unspecified atom stereocenters. The molecule has 1 aromatic rings. The molecule has 3 heteroatoms. The van der Waals surface area contributed by atoms with Crippen LogP contribution in [0.1, 0.15) is 19.0 Å². The average molecular weight is 180 g/mol. The molecular formula is C10H16N2O. The van der Waals surface area contributed by atoms with Crippen LogP contribution in [-0.2, 0) is 6.54 Å². The molecule has 0 aliphatic carbocycles. The van der Waals surface area contributed by atoms with Crippen molar-refractivity contribution in [2.24, 2.45) is 0 Å². The van der Waals surface area contributed by atoms with Gasteiger partial charge in [-0.1, -0.05) is 6.07 Å². The van der Waals surface area contributed by atoms with Crippen LogP contribution in [0.15, 0.2) is 24.4 Å². The number of nitrogens with zero attached hydrogens (tertiary/aromatic N) is 1. The summed E-state index contributed by atoms with van der Waals surface area (Å²) in [6.07, 6.45) is 2.34. The Labute approximate surface area is 78.8 Å². The molecule has 1 aromatic heterocycles. The van der Waals surface area contributed by atoms with Gasteiger partial charge < -0.3 is 10.4 Å². The molecule has 0 amide bonds. The Morgan fingerprint density at radius 3 is 3.00 bits per heavy atom. The van der Waals surface area contributed by atoms with E-state index in [2.05, 4.69) is 10.3 Å². The van der Waals surface area contributed by atoms with Crippen molar-refractivity contribution in [2.75, 3.05) is 6.54 Å². The topological polar surface area (TPSA) is 45.1 Å². The molecule has 13 heavy (non-hydrogen) atoms. The molecule has 1 heterocycles. The number of aliphatic hydroxyl groups excluding tert-OH is 1. The quantitative estimate of drug-likeness (QED) is 0.663. The zero-order valence-electron chi connectivity index (χ0n) is 7.90. The third kappa shape index (κ3) is 4.60. The molecule has 1 atom stereocenters. The summed E-state index contributed by atoms with van der Waals surface area (Å²) in [4.78, 5) is 4.17. The molecule has 0 spiro atoms. The number of aromatic nitrogens is 1. The number of aliphatic hydroxyl groups is 1. The summed E-state index contributed by atoms with van der Waals surface area (Å²) in [6.45, 7) is 3.39. The minimum Gasteiger partial charge on any atom is -0.393 e. The summed E-state index contributed by atoms with van der Waals surface area (Å²) < 4.78 is 0. The first-order valence-electron chi connectivity index (χ1n) is 4.57. The molecule has 0 aliphatic rings. The van der Waals surface area contributed by atoms with E-state index < -0.39 is 0 Å². The second kappa shape index (κ2) is 5.67. The van der Waals surface area contributed by atoms with Crippen molar-refractivity contribution >= 4 is 0 Å². The largest absolute Gasteiger partial charge is 0.393 e. The predicted octanol–water partition coefficient (Wildman–Crippen LogP) is 0.942. The smallest absolute Gasteiger partial charge is 0.0541 e. The van der Waals surface area contributed by atoms with Gasteiger partial charge in [0.05, 0.1) is 11.8 Å². The minimum atomic E-state index is -0.226. The van der Waals surface area contributed by atoms with E-state index in [4.69, 9.17) is 5.11 Å². The lowest BCUT2D eigenvalue weighted by atomic mass is 10.3. The van der Waals surface area contributed by atoms with Crippen LogP contribution in [0.25, 0.3) is 0 Å². The first-order chi connectivity index (χ1) is 6.29. The maximum absolute atomic E-state index is 8.99. The van der Waals surface area contributed by atoms with Crippen LogP contribution >= 0.6 is 0 Å². The number of nitrogens with one attached hydrogen (secondary N) is 1. The van der Waals surface area contributed by atoms with Crippen molar-refractivity contribution in [2.45, 2.75) is 26.0 Å². The molecular weight excluding hydrogens is 164 g/mol. The van der Waals surface area contributed by atoms with Crippen molar-refractivity contribution in [1.82, 2.24) is 10.3 Å². The van der Waals surface area contributed by atoms with Crippen molar-refractivity contribution in [3.05, 3.63) is 30.1 Å². The third-order valence-corrected chi connectivity index (χ3v) is 1.77. The van der Waals surface area contributed by atoms with Crippen molar-refractivity contribution in [1.29, 1.82) is 0 Å². The van der Waals surface area contributed by atoms with Gasteiger partial charge in [-0.2, -0.15) is 0 Å². The Morgan fingerprint density at radius 2 is 2.38 bits per heavy atom. The van der Waals surface area contributed by atoms with Gasteiger partial charge >= 0.3 is 0 Å². The van der Waals surface area contributed by atoms with Crippen LogP contribution in [0.5, 0.6) is 0 Å². The van der Waals surface area contributed by atoms with E-state index in [0.717, 1.165) is 25.2 Å². The highest BCUT2D eigenvalue weighted by molar-refractivity contribution is 5.02. The van der Waals surface area contributed by atoms with Crippen LogP contribution in [-0.4, -0.2) is 22.7 Å². The molecule has 0 saturated carbocycles. The van der Waals surface area contributed by atoms with Gasteiger partial charge in [0.1, 0.15) is 0 Å². The highest BCUT2D eigenvalue weighted by Crippen LogP contribution is 1.92. The molecule has 0 aromatic carbocycles. The maximum Gasteiger partial charge on any atom is 0.0541 e. The Kier molecular flexibility index (Phi) is 4.43. The lowest BCUT2D eigenvalue weighted by Gasteiger charge is -2.05. The number of rotatable bonds is 5. The second-order valence-corrected chi connectivity index (χ2v) is 3.14. The van der Waals surface area contributed by atoms with E-state index in [9.17, 15) is 0 Å². The third-order valence-electron chi connectivity index (χ3n) is 1.77. The summed E-state index contributed by atoms with van der Waals surface area (Å²) in [5.74, 6) is 0. The van der Waals surface area contributed by atoms with Gasteiger partial charge in [0, 0.05) is 12.7 Å². The summed E-state index contributed by atoms with van der Waals surface area (Å²) in [7, 11) is 0. The van der Waals surface area contributed by atoms with Crippen LogP contribution in [0.3, 0.4) is 0 Å². The Balaban J connectivity index is 2.13. The van der Waals surface area contributed by atoms with E-state index in [1.165, 1.54) is 0 Å². The van der Waals surface area contributed by atoms with E-state index in [0.29, 0.717) is 0 Å². The molecule has 2 N–H and O–H groups in total. The number of hydrogen-bond acceptors (Lipinski definition) is 3. The Morgan fingerprint density at radius 1 is 1.54 bits per heavy atom. The average Bonchev–Trinajstić information content (AvgIpc) is 2.14. The summed E-state index contributed by atoms with van der Waals surface area (Å²) in [5.41, 5.74) is 1.04. The first kappa shape index (κ1) is 10.2.